The molecule has 2 heteroatoms. The predicted molar refractivity (Wildman–Crippen MR) is 167 cm³/mol. The lowest BCUT2D eigenvalue weighted by Crippen LogP contribution is -2.43. The van der Waals surface area contributed by atoms with Crippen LogP contribution in [0.15, 0.2) is 72.8 Å². The number of benzene rings is 3. The Balaban J connectivity index is 1.92. The van der Waals surface area contributed by atoms with Gasteiger partial charge >= 0.3 is 0 Å². The molecule has 0 aliphatic rings. The zero-order valence-electron chi connectivity index (χ0n) is 25.1. The first-order valence-corrected chi connectivity index (χ1v) is 15.0. The molecule has 3 aromatic carbocycles. The lowest BCUT2D eigenvalue weighted by molar-refractivity contribution is 0.390. The first kappa shape index (κ1) is 29.8. The van der Waals surface area contributed by atoms with E-state index in [9.17, 15) is 0 Å². The maximum absolute atomic E-state index is 5.45. The smallest absolute Gasteiger partial charge is 0.119 e. The van der Waals surface area contributed by atoms with E-state index in [0.717, 1.165) is 12.2 Å². The summed E-state index contributed by atoms with van der Waals surface area (Å²) < 4.78 is 5.45. The van der Waals surface area contributed by atoms with Crippen LogP contribution in [0.2, 0.25) is 0 Å². The molecule has 0 N–H and O–H groups in total. The molecule has 3 aromatic rings. The van der Waals surface area contributed by atoms with Crippen LogP contribution in [0.1, 0.15) is 105 Å². The Hall–Kier alpha value is -2.74. The molecule has 0 saturated heterocycles. The molecule has 206 valence electrons. The van der Waals surface area contributed by atoms with Gasteiger partial charge in [-0.3, -0.25) is 0 Å². The van der Waals surface area contributed by atoms with Crippen molar-refractivity contribution in [2.75, 3.05) is 12.0 Å². The van der Waals surface area contributed by atoms with Crippen molar-refractivity contribution in [2.24, 2.45) is 0 Å². The summed E-state index contributed by atoms with van der Waals surface area (Å²) in [6.45, 7) is 14.1. The molecule has 0 bridgehead atoms. The highest BCUT2D eigenvalue weighted by Crippen LogP contribution is 2.40. The molecule has 2 unspecified atom stereocenters. The maximum Gasteiger partial charge on any atom is 0.119 e. The predicted octanol–water partition coefficient (Wildman–Crippen LogP) is 11.1. The third-order valence-electron chi connectivity index (χ3n) is 8.85. The molecule has 2 nitrogen and oxygen atoms in total. The van der Waals surface area contributed by atoms with Crippen molar-refractivity contribution in [3.8, 4) is 16.9 Å². The van der Waals surface area contributed by atoms with Gasteiger partial charge in [-0.1, -0.05) is 103 Å². The highest BCUT2D eigenvalue weighted by Gasteiger charge is 2.31. The standard InChI is InChI=1S/C36H51NO/c1-8-12-14-28-36(6,11-4)37(33-23-25-34(38-7)26-24-33)32-21-17-30(18-22-32)29-15-19-31(20-16-29)35(5,10-3)27-13-9-2/h15-26H,8-14,27-28H2,1-7H3. The van der Waals surface area contributed by atoms with Gasteiger partial charge in [0, 0.05) is 16.9 Å². The van der Waals surface area contributed by atoms with E-state index >= 15 is 0 Å². The molecule has 0 fully saturated rings. The Labute approximate surface area is 233 Å². The lowest BCUT2D eigenvalue weighted by Gasteiger charge is -2.43. The van der Waals surface area contributed by atoms with Crippen LogP contribution < -0.4 is 9.64 Å². The Morgan fingerprint density at radius 1 is 0.605 bits per heavy atom. The fraction of sp³-hybridized carbons (Fsp3) is 0.500. The number of unbranched alkanes of at least 4 members (excludes halogenated alkanes) is 3. The van der Waals surface area contributed by atoms with Crippen molar-refractivity contribution in [1.82, 2.24) is 0 Å². The van der Waals surface area contributed by atoms with Crippen LogP contribution in [-0.4, -0.2) is 12.6 Å². The minimum Gasteiger partial charge on any atom is -0.497 e. The summed E-state index contributed by atoms with van der Waals surface area (Å²) in [5, 5.41) is 0. The van der Waals surface area contributed by atoms with Crippen LogP contribution in [0.4, 0.5) is 11.4 Å². The van der Waals surface area contributed by atoms with Gasteiger partial charge in [0.05, 0.1) is 7.11 Å². The fourth-order valence-corrected chi connectivity index (χ4v) is 5.67. The Bertz CT molecular complexity index is 1090. The average Bonchev–Trinajstić information content (AvgIpc) is 2.97. The number of nitrogens with zero attached hydrogens (tertiary/aromatic N) is 1. The summed E-state index contributed by atoms with van der Waals surface area (Å²) >= 11 is 0. The number of hydrogen-bond acceptors (Lipinski definition) is 2. The van der Waals surface area contributed by atoms with Crippen molar-refractivity contribution >= 4 is 11.4 Å². The molecule has 3 rings (SSSR count). The van der Waals surface area contributed by atoms with E-state index in [0.29, 0.717) is 0 Å². The number of anilines is 2. The van der Waals surface area contributed by atoms with E-state index in [2.05, 4.69) is 119 Å². The first-order chi connectivity index (χ1) is 18.3. The summed E-state index contributed by atoms with van der Waals surface area (Å²) in [6.07, 6.45) is 11.0. The minimum absolute atomic E-state index is 0.0377. The van der Waals surface area contributed by atoms with Crippen molar-refractivity contribution in [3.05, 3.63) is 78.4 Å². The summed E-state index contributed by atoms with van der Waals surface area (Å²) in [5.74, 6) is 0.894. The third kappa shape index (κ3) is 7.01. The maximum atomic E-state index is 5.45. The van der Waals surface area contributed by atoms with Gasteiger partial charge in [0.1, 0.15) is 5.75 Å². The molecule has 0 aromatic heterocycles. The summed E-state index contributed by atoms with van der Waals surface area (Å²) in [5.41, 5.74) is 6.78. The summed E-state index contributed by atoms with van der Waals surface area (Å²) in [6, 6.07) is 27.1. The van der Waals surface area contributed by atoms with E-state index < -0.39 is 0 Å². The third-order valence-corrected chi connectivity index (χ3v) is 8.85. The molecule has 0 saturated carbocycles. The molecule has 0 spiro atoms. The first-order valence-electron chi connectivity index (χ1n) is 15.0. The molecular weight excluding hydrogens is 462 g/mol. The van der Waals surface area contributed by atoms with Crippen LogP contribution in [0.5, 0.6) is 5.75 Å². The average molecular weight is 514 g/mol. The van der Waals surface area contributed by atoms with E-state index in [1.54, 1.807) is 7.11 Å². The lowest BCUT2D eigenvalue weighted by atomic mass is 9.76. The van der Waals surface area contributed by atoms with Crippen molar-refractivity contribution in [1.29, 1.82) is 0 Å². The topological polar surface area (TPSA) is 12.5 Å². The van der Waals surface area contributed by atoms with E-state index in [1.165, 1.54) is 79.4 Å². The van der Waals surface area contributed by atoms with Gasteiger partial charge in [0.25, 0.3) is 0 Å². The summed E-state index contributed by atoms with van der Waals surface area (Å²) in [7, 11) is 1.73. The second-order valence-electron chi connectivity index (χ2n) is 11.5. The van der Waals surface area contributed by atoms with Crippen molar-refractivity contribution < 1.29 is 4.74 Å². The van der Waals surface area contributed by atoms with Gasteiger partial charge in [0.15, 0.2) is 0 Å². The van der Waals surface area contributed by atoms with Gasteiger partial charge in [-0.25, -0.2) is 0 Å². The normalized spacial score (nSPS) is 14.5. The highest BCUT2D eigenvalue weighted by molar-refractivity contribution is 5.71. The fourth-order valence-electron chi connectivity index (χ4n) is 5.67. The molecule has 38 heavy (non-hydrogen) atoms. The number of rotatable bonds is 15. The van der Waals surface area contributed by atoms with Gasteiger partial charge in [-0.2, -0.15) is 0 Å². The van der Waals surface area contributed by atoms with E-state index in [4.69, 9.17) is 4.74 Å². The SMILES string of the molecule is CCCCCC(C)(CC)N(c1ccc(OC)cc1)c1ccc(-c2ccc(C(C)(CC)CCCC)cc2)cc1. The Morgan fingerprint density at radius 2 is 1.13 bits per heavy atom. The molecular formula is C36H51NO. The monoisotopic (exact) mass is 513 g/mol. The van der Waals surface area contributed by atoms with Crippen LogP contribution >= 0.6 is 0 Å². The van der Waals surface area contributed by atoms with Crippen LogP contribution in [0.3, 0.4) is 0 Å². The van der Waals surface area contributed by atoms with Crippen molar-refractivity contribution in [2.45, 2.75) is 110 Å². The van der Waals surface area contributed by atoms with Gasteiger partial charge in [-0.15, -0.1) is 0 Å². The van der Waals surface area contributed by atoms with Crippen molar-refractivity contribution in [3.63, 3.8) is 0 Å². The molecule has 2 atom stereocenters. The summed E-state index contributed by atoms with van der Waals surface area (Å²) in [4.78, 5) is 2.55. The largest absolute Gasteiger partial charge is 0.497 e. The minimum atomic E-state index is 0.0377. The van der Waals surface area contributed by atoms with E-state index in [1.807, 2.05) is 0 Å². The zero-order chi connectivity index (χ0) is 27.6. The van der Waals surface area contributed by atoms with Gasteiger partial charge in [-0.05, 0) is 91.1 Å². The number of methoxy groups -OCH3 is 1. The molecule has 0 radical (unpaired) electrons. The van der Waals surface area contributed by atoms with Crippen LogP contribution in [0, 0.1) is 0 Å². The second-order valence-corrected chi connectivity index (χ2v) is 11.5. The molecule has 0 aliphatic carbocycles. The quantitative estimate of drug-likeness (QED) is 0.187. The number of hydrogen-bond donors (Lipinski definition) is 0. The van der Waals surface area contributed by atoms with E-state index in [-0.39, 0.29) is 11.0 Å². The second kappa shape index (κ2) is 13.9. The zero-order valence-corrected chi connectivity index (χ0v) is 25.1. The van der Waals surface area contributed by atoms with Gasteiger partial charge in [0.2, 0.25) is 0 Å². The number of ether oxygens (including phenoxy) is 1. The van der Waals surface area contributed by atoms with Crippen LogP contribution in [0.25, 0.3) is 11.1 Å². The van der Waals surface area contributed by atoms with Gasteiger partial charge < -0.3 is 9.64 Å². The molecule has 0 heterocycles. The molecule has 0 amide bonds. The van der Waals surface area contributed by atoms with Crippen LogP contribution in [-0.2, 0) is 5.41 Å². The molecule has 0 aliphatic heterocycles. The Morgan fingerprint density at radius 3 is 1.61 bits per heavy atom. The Kier molecular flexibility index (Phi) is 10.9. The highest BCUT2D eigenvalue weighted by atomic mass is 16.5.